The number of nitrogens with one attached hydrogen (secondary N) is 1. The zero-order chi connectivity index (χ0) is 25.5. The number of fused-ring (bicyclic) bond motifs is 1. The molecule has 1 saturated heterocycles. The van der Waals surface area contributed by atoms with E-state index in [4.69, 9.17) is 10.7 Å². The molecule has 0 radical (unpaired) electrons. The molecule has 10 nitrogen and oxygen atoms in total. The zero-order valence-electron chi connectivity index (χ0n) is 21.1. The average molecular weight is 488 g/mol. The number of aromatic nitrogens is 4. The first-order valence-corrected chi connectivity index (χ1v) is 12.2. The highest BCUT2D eigenvalue weighted by atomic mass is 16.2. The molecule has 0 atom stereocenters. The van der Waals surface area contributed by atoms with E-state index in [1.165, 1.54) is 6.20 Å². The summed E-state index contributed by atoms with van der Waals surface area (Å²) < 4.78 is 0. The van der Waals surface area contributed by atoms with E-state index in [0.29, 0.717) is 30.6 Å². The van der Waals surface area contributed by atoms with E-state index in [2.05, 4.69) is 44.2 Å². The lowest BCUT2D eigenvalue weighted by Crippen LogP contribution is -2.48. The lowest BCUT2D eigenvalue weighted by atomic mass is 10.1. The fourth-order valence-electron chi connectivity index (χ4n) is 3.88. The second-order valence-electron chi connectivity index (χ2n) is 9.21. The molecule has 188 valence electrons. The summed E-state index contributed by atoms with van der Waals surface area (Å²) in [5.41, 5.74) is 10.1. The first kappa shape index (κ1) is 25.2. The molecule has 36 heavy (non-hydrogen) atoms. The molecule has 0 aromatic carbocycles. The van der Waals surface area contributed by atoms with Gasteiger partial charge in [-0.15, -0.1) is 5.10 Å². The van der Waals surface area contributed by atoms with Crippen molar-refractivity contribution < 1.29 is 4.79 Å². The zero-order valence-corrected chi connectivity index (χ0v) is 21.1. The van der Waals surface area contributed by atoms with Crippen molar-refractivity contribution in [3.8, 4) is 0 Å². The summed E-state index contributed by atoms with van der Waals surface area (Å²) in [7, 11) is 1.85. The number of hydrogen-bond acceptors (Lipinski definition) is 9. The molecule has 10 heteroatoms. The Morgan fingerprint density at radius 2 is 2.06 bits per heavy atom. The van der Waals surface area contributed by atoms with Crippen molar-refractivity contribution in [3.05, 3.63) is 54.0 Å². The number of likely N-dealkylation sites (N-methyl/N-ethyl adjacent to an activating group) is 1. The Hall–Kier alpha value is -3.92. The predicted molar refractivity (Wildman–Crippen MR) is 143 cm³/mol. The maximum Gasteiger partial charge on any atom is 0.236 e. The minimum absolute atomic E-state index is 0.172. The van der Waals surface area contributed by atoms with Crippen LogP contribution in [0, 0.1) is 0 Å². The van der Waals surface area contributed by atoms with Crippen LogP contribution in [0.15, 0.2) is 47.9 Å². The van der Waals surface area contributed by atoms with Gasteiger partial charge in [0.05, 0.1) is 23.8 Å². The van der Waals surface area contributed by atoms with Gasteiger partial charge in [0.2, 0.25) is 5.91 Å². The number of hydrogen-bond donors (Lipinski definition) is 2. The number of allylic oxidation sites excluding steroid dienone is 1. The first-order valence-electron chi connectivity index (χ1n) is 12.2. The molecule has 3 aromatic heterocycles. The van der Waals surface area contributed by atoms with Gasteiger partial charge in [-0.25, -0.2) is 4.98 Å². The topological polar surface area (TPSA) is 126 Å². The Morgan fingerprint density at radius 1 is 1.19 bits per heavy atom. The summed E-state index contributed by atoms with van der Waals surface area (Å²) in [5.74, 6) is 1.83. The van der Waals surface area contributed by atoms with E-state index in [1.807, 2.05) is 31.3 Å². The number of pyridine rings is 2. The fraction of sp³-hybridized carbons (Fsp3) is 0.385. The quantitative estimate of drug-likeness (QED) is 0.349. The smallest absolute Gasteiger partial charge is 0.236 e. The van der Waals surface area contributed by atoms with Crippen LogP contribution in [0.1, 0.15) is 37.3 Å². The van der Waals surface area contributed by atoms with Crippen molar-refractivity contribution in [2.75, 3.05) is 45.1 Å². The van der Waals surface area contributed by atoms with Gasteiger partial charge in [-0.3, -0.25) is 19.7 Å². The molecule has 1 aliphatic rings. The minimum atomic E-state index is 0.172. The Kier molecular flexibility index (Phi) is 8.17. The van der Waals surface area contributed by atoms with E-state index in [1.54, 1.807) is 23.5 Å². The third-order valence-electron chi connectivity index (χ3n) is 6.18. The van der Waals surface area contributed by atoms with E-state index in [9.17, 15) is 4.79 Å². The number of nitrogens with two attached hydrogens (primary N) is 1. The Bertz CT molecular complexity index is 1270. The van der Waals surface area contributed by atoms with Gasteiger partial charge < -0.3 is 16.0 Å². The molecule has 0 saturated carbocycles. The van der Waals surface area contributed by atoms with Crippen molar-refractivity contribution in [1.82, 2.24) is 30.0 Å². The number of amides is 1. The average Bonchev–Trinajstić information content (AvgIpc) is 2.88. The third-order valence-corrected chi connectivity index (χ3v) is 6.18. The second kappa shape index (κ2) is 11.7. The highest BCUT2D eigenvalue weighted by Gasteiger charge is 2.19. The molecule has 3 aromatic rings. The van der Waals surface area contributed by atoms with Crippen molar-refractivity contribution in [2.24, 2.45) is 10.7 Å². The summed E-state index contributed by atoms with van der Waals surface area (Å²) >= 11 is 0. The normalized spacial score (nSPS) is 15.4. The van der Waals surface area contributed by atoms with Gasteiger partial charge in [0.15, 0.2) is 5.82 Å². The summed E-state index contributed by atoms with van der Waals surface area (Å²) in [6.45, 7) is 7.90. The summed E-state index contributed by atoms with van der Waals surface area (Å²) in [4.78, 5) is 29.6. The molecule has 1 aliphatic heterocycles. The van der Waals surface area contributed by atoms with Crippen LogP contribution in [-0.2, 0) is 4.79 Å². The van der Waals surface area contributed by atoms with Crippen LogP contribution in [0.25, 0.3) is 16.6 Å². The van der Waals surface area contributed by atoms with Gasteiger partial charge in [-0.05, 0) is 42.2 Å². The van der Waals surface area contributed by atoms with Crippen LogP contribution in [0.5, 0.6) is 0 Å². The summed E-state index contributed by atoms with van der Waals surface area (Å²) in [5, 5.41) is 11.5. The van der Waals surface area contributed by atoms with E-state index in [-0.39, 0.29) is 5.91 Å². The van der Waals surface area contributed by atoms with Crippen LogP contribution in [0.2, 0.25) is 0 Å². The maximum absolute atomic E-state index is 11.8. The lowest BCUT2D eigenvalue weighted by Gasteiger charge is -2.31. The Labute approximate surface area is 211 Å². The molecule has 1 fully saturated rings. The van der Waals surface area contributed by atoms with Gasteiger partial charge >= 0.3 is 0 Å². The van der Waals surface area contributed by atoms with Crippen LogP contribution >= 0.6 is 0 Å². The highest BCUT2D eigenvalue weighted by molar-refractivity contribution is 6.10. The molecule has 0 unspecified atom stereocenters. The van der Waals surface area contributed by atoms with E-state index < -0.39 is 0 Å². The molecular weight excluding hydrogens is 454 g/mol. The van der Waals surface area contributed by atoms with Gasteiger partial charge in [-0.1, -0.05) is 13.8 Å². The molecule has 0 aliphatic carbocycles. The number of nitrogens with zero attached hydrogens (tertiary/aromatic N) is 7. The molecule has 3 N–H and O–H groups in total. The van der Waals surface area contributed by atoms with Crippen LogP contribution < -0.4 is 11.1 Å². The van der Waals surface area contributed by atoms with Crippen molar-refractivity contribution in [3.63, 3.8) is 0 Å². The lowest BCUT2D eigenvalue weighted by molar-refractivity contribution is -0.134. The van der Waals surface area contributed by atoms with Crippen molar-refractivity contribution in [2.45, 2.75) is 26.2 Å². The van der Waals surface area contributed by atoms with Crippen LogP contribution in [-0.4, -0.2) is 81.9 Å². The standard InChI is InChI=1S/C26H33N9O/c1-18(2)19-12-25(33-30-16-19)32-24-6-5-22-23(31-24)11-20(15-29-22)21(13-27)14-28-7-4-8-35-10-9-34(3)26(36)17-35/h5-6,11-16,18H,4,7-10,17,27H2,1-3H3,(H,31,32,33). The molecular formula is C26H33N9O. The van der Waals surface area contributed by atoms with E-state index in [0.717, 1.165) is 53.8 Å². The fourth-order valence-corrected chi connectivity index (χ4v) is 3.88. The molecule has 1 amide bonds. The highest BCUT2D eigenvalue weighted by Crippen LogP contribution is 2.21. The molecule has 4 heterocycles. The number of rotatable bonds is 9. The van der Waals surface area contributed by atoms with Gasteiger partial charge in [-0.2, -0.15) is 5.10 Å². The number of carbonyl (C=O) groups is 1. The second-order valence-corrected chi connectivity index (χ2v) is 9.21. The molecule has 4 rings (SSSR count). The Morgan fingerprint density at radius 3 is 2.83 bits per heavy atom. The number of piperazine rings is 1. The SMILES string of the molecule is CC(C)c1cnnc(Nc2ccc3ncc(C(C=NCCCN4CCN(C)C(=O)C4)=CN)cc3n2)c1. The van der Waals surface area contributed by atoms with Crippen LogP contribution in [0.3, 0.4) is 0 Å². The number of aliphatic imine (C=N–C) groups is 1. The van der Waals surface area contributed by atoms with E-state index >= 15 is 0 Å². The summed E-state index contributed by atoms with van der Waals surface area (Å²) in [6.07, 6.45) is 7.72. The maximum atomic E-state index is 11.8. The third kappa shape index (κ3) is 6.39. The monoisotopic (exact) mass is 487 g/mol. The predicted octanol–water partition coefficient (Wildman–Crippen LogP) is 2.82. The summed E-state index contributed by atoms with van der Waals surface area (Å²) in [6, 6.07) is 7.71. The van der Waals surface area contributed by atoms with Crippen molar-refractivity contribution in [1.29, 1.82) is 0 Å². The Balaban J connectivity index is 1.39. The minimum Gasteiger partial charge on any atom is -0.404 e. The van der Waals surface area contributed by atoms with Gasteiger partial charge in [0.25, 0.3) is 0 Å². The van der Waals surface area contributed by atoms with Gasteiger partial charge in [0, 0.05) is 63.0 Å². The molecule has 0 bridgehead atoms. The number of carbonyl (C=O) groups excluding carboxylic acids is 1. The number of anilines is 2. The van der Waals surface area contributed by atoms with Gasteiger partial charge in [0.1, 0.15) is 5.82 Å². The largest absolute Gasteiger partial charge is 0.404 e. The van der Waals surface area contributed by atoms with Crippen molar-refractivity contribution >= 4 is 40.4 Å². The first-order chi connectivity index (χ1) is 17.4. The molecule has 0 spiro atoms. The van der Waals surface area contributed by atoms with Crippen LogP contribution in [0.4, 0.5) is 11.6 Å².